The van der Waals surface area contributed by atoms with Crippen LogP contribution in [0, 0.1) is 6.92 Å². The Bertz CT molecular complexity index is 1370. The summed E-state index contributed by atoms with van der Waals surface area (Å²) in [6.07, 6.45) is 3.96. The largest absolute Gasteiger partial charge is 0.351 e. The van der Waals surface area contributed by atoms with Crippen molar-refractivity contribution in [2.24, 2.45) is 5.73 Å². The number of benzene rings is 2. The molecule has 4 aromatic rings. The quantitative estimate of drug-likeness (QED) is 0.417. The maximum absolute atomic E-state index is 11.6. The number of carbonyl (C=O) groups excluding carboxylic acids is 1. The summed E-state index contributed by atoms with van der Waals surface area (Å²) in [5, 5.41) is 12.1. The molecule has 2 aromatic heterocycles. The monoisotopic (exact) mass is 456 g/mol. The molecule has 0 unspecified atom stereocenters. The fourth-order valence-electron chi connectivity index (χ4n) is 5.14. The first-order valence-electron chi connectivity index (χ1n) is 12.1. The second-order valence-electron chi connectivity index (χ2n) is 9.64. The summed E-state index contributed by atoms with van der Waals surface area (Å²) in [5.74, 6) is 1.16. The first-order valence-corrected chi connectivity index (χ1v) is 12.1. The van der Waals surface area contributed by atoms with E-state index in [9.17, 15) is 4.79 Å². The number of anilines is 1. The molecule has 0 atom stereocenters. The van der Waals surface area contributed by atoms with Crippen LogP contribution in [0.25, 0.3) is 27.7 Å². The molecule has 3 heterocycles. The van der Waals surface area contributed by atoms with Crippen molar-refractivity contribution in [1.82, 2.24) is 19.5 Å². The minimum atomic E-state index is -0.621. The Hall–Kier alpha value is -3.45. The van der Waals surface area contributed by atoms with Crippen LogP contribution >= 0.6 is 0 Å². The molecule has 3 N–H and O–H groups in total. The first kappa shape index (κ1) is 22.3. The molecule has 5 rings (SSSR count). The number of amides is 2. The van der Waals surface area contributed by atoms with Gasteiger partial charge in [-0.15, -0.1) is 10.2 Å². The number of carbonyl (C=O) groups is 1. The Balaban J connectivity index is 1.58. The van der Waals surface area contributed by atoms with E-state index < -0.39 is 6.03 Å². The van der Waals surface area contributed by atoms with Gasteiger partial charge in [0.2, 0.25) is 0 Å². The van der Waals surface area contributed by atoms with Crippen molar-refractivity contribution in [3.63, 3.8) is 0 Å². The molecular weight excluding hydrogens is 424 g/mol. The number of hydrogen-bond donors (Lipinski definition) is 2. The summed E-state index contributed by atoms with van der Waals surface area (Å²) in [4.78, 5) is 14.2. The first-order chi connectivity index (χ1) is 16.4. The van der Waals surface area contributed by atoms with Crippen LogP contribution in [0.4, 0.5) is 10.5 Å². The number of hydrogen-bond acceptors (Lipinski definition) is 4. The average Bonchev–Trinajstić information content (AvgIpc) is 3.21. The fraction of sp³-hybridized carbons (Fsp3) is 0.370. The number of nitrogens with one attached hydrogen (secondary N) is 1. The fourth-order valence-corrected chi connectivity index (χ4v) is 5.14. The molecule has 1 fully saturated rings. The van der Waals surface area contributed by atoms with Crippen LogP contribution in [-0.2, 0) is 6.54 Å². The van der Waals surface area contributed by atoms with Crippen molar-refractivity contribution >= 4 is 28.3 Å². The van der Waals surface area contributed by atoms with Crippen LogP contribution in [0.2, 0.25) is 0 Å². The molecule has 0 aliphatic carbocycles. The number of nitrogens with two attached hydrogens (primary N) is 1. The normalized spacial score (nSPS) is 14.8. The molecule has 2 aromatic carbocycles. The Morgan fingerprint density at radius 3 is 2.59 bits per heavy atom. The van der Waals surface area contributed by atoms with Gasteiger partial charge in [-0.2, -0.15) is 0 Å². The lowest BCUT2D eigenvalue weighted by Gasteiger charge is -2.27. The highest BCUT2D eigenvalue weighted by Crippen LogP contribution is 2.34. The zero-order chi connectivity index (χ0) is 23.8. The maximum atomic E-state index is 11.6. The zero-order valence-electron chi connectivity index (χ0n) is 20.1. The van der Waals surface area contributed by atoms with Gasteiger partial charge >= 0.3 is 6.03 Å². The van der Waals surface area contributed by atoms with Crippen LogP contribution in [0.1, 0.15) is 56.0 Å². The third-order valence-corrected chi connectivity index (χ3v) is 6.80. The molecule has 34 heavy (non-hydrogen) atoms. The van der Waals surface area contributed by atoms with Gasteiger partial charge in [0.05, 0.1) is 11.2 Å². The molecule has 0 saturated carbocycles. The lowest BCUT2D eigenvalue weighted by atomic mass is 9.90. The van der Waals surface area contributed by atoms with Gasteiger partial charge in [-0.25, -0.2) is 4.79 Å². The van der Waals surface area contributed by atoms with Gasteiger partial charge in [0, 0.05) is 11.9 Å². The van der Waals surface area contributed by atoms with Crippen molar-refractivity contribution in [2.45, 2.75) is 52.5 Å². The average molecular weight is 457 g/mol. The van der Waals surface area contributed by atoms with Crippen molar-refractivity contribution in [3.05, 3.63) is 59.4 Å². The van der Waals surface area contributed by atoms with Crippen LogP contribution in [0.15, 0.2) is 42.5 Å². The van der Waals surface area contributed by atoms with Gasteiger partial charge in [0.1, 0.15) is 5.82 Å². The Morgan fingerprint density at radius 1 is 1.06 bits per heavy atom. The summed E-state index contributed by atoms with van der Waals surface area (Å²) in [5.41, 5.74) is 12.7. The second-order valence-corrected chi connectivity index (χ2v) is 9.64. The lowest BCUT2D eigenvalue weighted by molar-refractivity contribution is 0.221. The highest BCUT2D eigenvalue weighted by Gasteiger charge is 2.16. The van der Waals surface area contributed by atoms with Crippen molar-refractivity contribution in [3.8, 4) is 11.1 Å². The van der Waals surface area contributed by atoms with E-state index in [0.29, 0.717) is 17.3 Å². The van der Waals surface area contributed by atoms with Gasteiger partial charge in [-0.05, 0) is 79.2 Å². The lowest BCUT2D eigenvalue weighted by Crippen LogP contribution is -2.29. The van der Waals surface area contributed by atoms with Gasteiger partial charge in [-0.1, -0.05) is 44.5 Å². The van der Waals surface area contributed by atoms with E-state index in [2.05, 4.69) is 70.7 Å². The molecule has 2 amide bonds. The molecule has 176 valence electrons. The van der Waals surface area contributed by atoms with Crippen molar-refractivity contribution in [2.75, 3.05) is 18.4 Å². The molecule has 0 bridgehead atoms. The van der Waals surface area contributed by atoms with Crippen LogP contribution in [-0.4, -0.2) is 38.6 Å². The Labute approximate surface area is 200 Å². The smallest absolute Gasteiger partial charge is 0.316 e. The number of rotatable bonds is 5. The Morgan fingerprint density at radius 2 is 1.85 bits per heavy atom. The molecule has 1 aliphatic rings. The third kappa shape index (κ3) is 4.23. The van der Waals surface area contributed by atoms with Crippen molar-refractivity contribution in [1.29, 1.82) is 0 Å². The number of likely N-dealkylation sites (tertiary alicyclic amines) is 1. The number of primary amides is 1. The highest BCUT2D eigenvalue weighted by atomic mass is 16.2. The van der Waals surface area contributed by atoms with Gasteiger partial charge < -0.3 is 11.1 Å². The van der Waals surface area contributed by atoms with Crippen LogP contribution in [0.5, 0.6) is 0 Å². The molecule has 1 aliphatic heterocycles. The number of aromatic nitrogens is 3. The molecular formula is C27H32N6O. The van der Waals surface area contributed by atoms with Crippen LogP contribution < -0.4 is 11.1 Å². The summed E-state index contributed by atoms with van der Waals surface area (Å²) in [6, 6.07) is 14.7. The van der Waals surface area contributed by atoms with E-state index in [1.165, 1.54) is 49.0 Å². The minimum Gasteiger partial charge on any atom is -0.351 e. The number of nitrogens with zero attached hydrogens (tertiary/aromatic N) is 4. The molecule has 7 nitrogen and oxygen atoms in total. The number of piperidine rings is 1. The topological polar surface area (TPSA) is 88.5 Å². The predicted octanol–water partition coefficient (Wildman–Crippen LogP) is 5.46. The van der Waals surface area contributed by atoms with E-state index in [0.717, 1.165) is 28.8 Å². The Kier molecular flexibility index (Phi) is 5.96. The van der Waals surface area contributed by atoms with Crippen LogP contribution in [0.3, 0.4) is 0 Å². The standard InChI is InChI=1S/C27H32N6O/c1-17(2)23-13-19(16-32-11-5-4-6-12-32)7-9-22(23)20-8-10-25-21(14-20)15-24(29-27(28)34)26-31-30-18(3)33(25)26/h7-10,13-15,17H,4-6,11-12,16H2,1-3H3,(H3,28,29,34). The van der Waals surface area contributed by atoms with Gasteiger partial charge in [0.25, 0.3) is 0 Å². The minimum absolute atomic E-state index is 0.404. The maximum Gasteiger partial charge on any atom is 0.316 e. The summed E-state index contributed by atoms with van der Waals surface area (Å²) in [6.45, 7) is 9.82. The predicted molar refractivity (Wildman–Crippen MR) is 137 cm³/mol. The molecule has 0 spiro atoms. The zero-order valence-corrected chi connectivity index (χ0v) is 20.1. The third-order valence-electron chi connectivity index (χ3n) is 6.80. The summed E-state index contributed by atoms with van der Waals surface area (Å²) >= 11 is 0. The van der Waals surface area contributed by atoms with E-state index in [1.54, 1.807) is 0 Å². The second kappa shape index (κ2) is 9.06. The highest BCUT2D eigenvalue weighted by molar-refractivity contribution is 5.98. The van der Waals surface area contributed by atoms with E-state index >= 15 is 0 Å². The van der Waals surface area contributed by atoms with E-state index in [-0.39, 0.29) is 0 Å². The van der Waals surface area contributed by atoms with Gasteiger partial charge in [0.15, 0.2) is 5.65 Å². The molecule has 0 radical (unpaired) electrons. The number of aryl methyl sites for hydroxylation is 1. The number of pyridine rings is 1. The summed E-state index contributed by atoms with van der Waals surface area (Å²) < 4.78 is 1.95. The van der Waals surface area contributed by atoms with E-state index in [1.807, 2.05) is 17.4 Å². The number of urea groups is 1. The number of fused-ring (bicyclic) bond motifs is 3. The SMILES string of the molecule is Cc1nnc2c(NC(N)=O)cc3cc(-c4ccc(CN5CCCCC5)cc4C(C)C)ccc3n12. The van der Waals surface area contributed by atoms with Crippen molar-refractivity contribution < 1.29 is 4.79 Å². The summed E-state index contributed by atoms with van der Waals surface area (Å²) in [7, 11) is 0. The van der Waals surface area contributed by atoms with E-state index in [4.69, 9.17) is 5.73 Å². The molecule has 1 saturated heterocycles. The van der Waals surface area contributed by atoms with Gasteiger partial charge in [-0.3, -0.25) is 9.30 Å². The molecule has 7 heteroatoms.